The first kappa shape index (κ1) is 18.0. The number of methoxy groups -OCH3 is 1. The molecule has 1 aliphatic rings. The topological polar surface area (TPSA) is 75.6 Å². The first-order valence-electron chi connectivity index (χ1n) is 8.45. The number of anilines is 1. The van der Waals surface area contributed by atoms with Crippen molar-refractivity contribution >= 4 is 26.7 Å². The maximum absolute atomic E-state index is 12.4. The number of nitrogens with zero attached hydrogens (tertiary/aromatic N) is 4. The normalized spacial score (nSPS) is 16.5. The van der Waals surface area contributed by atoms with Gasteiger partial charge in [0, 0.05) is 45.3 Å². The van der Waals surface area contributed by atoms with Crippen LogP contribution >= 0.6 is 0 Å². The highest BCUT2D eigenvalue weighted by molar-refractivity contribution is 7.89. The van der Waals surface area contributed by atoms with Gasteiger partial charge in [0.1, 0.15) is 12.1 Å². The molecular weight excluding hydrogens is 340 g/mol. The van der Waals surface area contributed by atoms with E-state index < -0.39 is 10.0 Å². The Morgan fingerprint density at radius 2 is 1.92 bits per heavy atom. The van der Waals surface area contributed by atoms with Crippen LogP contribution in [0.2, 0.25) is 0 Å². The Balaban J connectivity index is 1.73. The van der Waals surface area contributed by atoms with E-state index in [1.54, 1.807) is 17.7 Å². The Bertz CT molecular complexity index is 828. The van der Waals surface area contributed by atoms with Gasteiger partial charge in [0.05, 0.1) is 11.3 Å². The van der Waals surface area contributed by atoms with Crippen LogP contribution in [0.3, 0.4) is 0 Å². The van der Waals surface area contributed by atoms with E-state index >= 15 is 0 Å². The van der Waals surface area contributed by atoms with E-state index in [1.807, 2.05) is 25.1 Å². The Kier molecular flexibility index (Phi) is 5.51. The van der Waals surface area contributed by atoms with Gasteiger partial charge in [-0.25, -0.2) is 18.4 Å². The summed E-state index contributed by atoms with van der Waals surface area (Å²) in [7, 11) is -1.64. The van der Waals surface area contributed by atoms with Crippen molar-refractivity contribution in [3.63, 3.8) is 0 Å². The van der Waals surface area contributed by atoms with Gasteiger partial charge in [-0.05, 0) is 25.0 Å². The molecule has 1 fully saturated rings. The summed E-state index contributed by atoms with van der Waals surface area (Å²) >= 11 is 0. The van der Waals surface area contributed by atoms with E-state index in [1.165, 1.54) is 0 Å². The summed E-state index contributed by atoms with van der Waals surface area (Å²) < 4.78 is 31.3. The van der Waals surface area contributed by atoms with E-state index in [-0.39, 0.29) is 5.75 Å². The molecule has 0 saturated carbocycles. The third-order valence-electron chi connectivity index (χ3n) is 4.53. The van der Waals surface area contributed by atoms with Gasteiger partial charge >= 0.3 is 0 Å². The van der Waals surface area contributed by atoms with Crippen LogP contribution in [0.5, 0.6) is 0 Å². The fraction of sp³-hybridized carbons (Fsp3) is 0.529. The molecular formula is C17H24N4O3S. The van der Waals surface area contributed by atoms with Crippen LogP contribution in [0.1, 0.15) is 12.0 Å². The molecule has 2 aromatic rings. The summed E-state index contributed by atoms with van der Waals surface area (Å²) in [6, 6.07) is 6.01. The Labute approximate surface area is 148 Å². The monoisotopic (exact) mass is 364 g/mol. The molecule has 0 spiro atoms. The van der Waals surface area contributed by atoms with Crippen LogP contribution in [-0.4, -0.2) is 68.3 Å². The van der Waals surface area contributed by atoms with Gasteiger partial charge in [-0.1, -0.05) is 12.1 Å². The zero-order valence-corrected chi connectivity index (χ0v) is 15.5. The van der Waals surface area contributed by atoms with E-state index in [2.05, 4.69) is 14.9 Å². The van der Waals surface area contributed by atoms with E-state index in [4.69, 9.17) is 4.74 Å². The lowest BCUT2D eigenvalue weighted by Crippen LogP contribution is -2.49. The highest BCUT2D eigenvalue weighted by atomic mass is 32.2. The fourth-order valence-corrected chi connectivity index (χ4v) is 4.65. The minimum absolute atomic E-state index is 0.135. The molecule has 0 atom stereocenters. The van der Waals surface area contributed by atoms with Crippen molar-refractivity contribution in [1.82, 2.24) is 14.3 Å². The average Bonchev–Trinajstić information content (AvgIpc) is 2.62. The van der Waals surface area contributed by atoms with Crippen LogP contribution in [0.25, 0.3) is 10.9 Å². The quantitative estimate of drug-likeness (QED) is 0.722. The predicted octanol–water partition coefficient (Wildman–Crippen LogP) is 1.43. The molecule has 1 aliphatic heterocycles. The average molecular weight is 364 g/mol. The van der Waals surface area contributed by atoms with Crippen molar-refractivity contribution in [2.24, 2.45) is 0 Å². The molecule has 8 heteroatoms. The number of piperazine rings is 1. The highest BCUT2D eigenvalue weighted by Crippen LogP contribution is 2.27. The van der Waals surface area contributed by atoms with E-state index in [0.717, 1.165) is 22.3 Å². The van der Waals surface area contributed by atoms with Crippen molar-refractivity contribution in [3.05, 3.63) is 30.1 Å². The number of hydrogen-bond acceptors (Lipinski definition) is 6. The third-order valence-corrected chi connectivity index (χ3v) is 6.49. The Morgan fingerprint density at radius 3 is 2.64 bits per heavy atom. The summed E-state index contributed by atoms with van der Waals surface area (Å²) in [5, 5.41) is 1.04. The van der Waals surface area contributed by atoms with Crippen molar-refractivity contribution in [2.75, 3.05) is 50.5 Å². The second-order valence-electron chi connectivity index (χ2n) is 6.21. The smallest absolute Gasteiger partial charge is 0.214 e. The molecule has 1 aromatic carbocycles. The summed E-state index contributed by atoms with van der Waals surface area (Å²) in [4.78, 5) is 11.0. The molecule has 0 unspecified atom stereocenters. The number of ether oxygens (including phenoxy) is 1. The fourth-order valence-electron chi connectivity index (χ4n) is 3.19. The number of rotatable bonds is 6. The molecule has 2 heterocycles. The number of aryl methyl sites for hydroxylation is 1. The van der Waals surface area contributed by atoms with Gasteiger partial charge in [-0.3, -0.25) is 0 Å². The molecule has 136 valence electrons. The van der Waals surface area contributed by atoms with Crippen LogP contribution in [0.4, 0.5) is 5.82 Å². The van der Waals surface area contributed by atoms with Gasteiger partial charge in [-0.2, -0.15) is 4.31 Å². The van der Waals surface area contributed by atoms with E-state index in [9.17, 15) is 8.42 Å². The van der Waals surface area contributed by atoms with Crippen molar-refractivity contribution in [1.29, 1.82) is 0 Å². The molecule has 1 aromatic heterocycles. The Morgan fingerprint density at radius 1 is 1.16 bits per heavy atom. The largest absolute Gasteiger partial charge is 0.385 e. The van der Waals surface area contributed by atoms with Crippen LogP contribution in [0, 0.1) is 6.92 Å². The lowest BCUT2D eigenvalue weighted by atomic mass is 10.1. The van der Waals surface area contributed by atoms with E-state index in [0.29, 0.717) is 39.2 Å². The van der Waals surface area contributed by atoms with Gasteiger partial charge in [0.25, 0.3) is 0 Å². The highest BCUT2D eigenvalue weighted by Gasteiger charge is 2.27. The number of hydrogen-bond donors (Lipinski definition) is 0. The second-order valence-corrected chi connectivity index (χ2v) is 8.30. The van der Waals surface area contributed by atoms with Gasteiger partial charge in [-0.15, -0.1) is 0 Å². The number of sulfonamides is 1. The molecule has 3 rings (SSSR count). The van der Waals surface area contributed by atoms with Gasteiger partial charge < -0.3 is 9.64 Å². The van der Waals surface area contributed by atoms with Gasteiger partial charge in [0.2, 0.25) is 10.0 Å². The van der Waals surface area contributed by atoms with Crippen LogP contribution < -0.4 is 4.90 Å². The molecule has 0 N–H and O–H groups in total. The molecule has 0 amide bonds. The van der Waals surface area contributed by atoms with Crippen molar-refractivity contribution in [2.45, 2.75) is 13.3 Å². The molecule has 0 bridgehead atoms. The number of fused-ring (bicyclic) bond motifs is 1. The molecule has 25 heavy (non-hydrogen) atoms. The lowest BCUT2D eigenvalue weighted by molar-refractivity contribution is 0.199. The summed E-state index contributed by atoms with van der Waals surface area (Å²) in [6.07, 6.45) is 2.10. The summed E-state index contributed by atoms with van der Waals surface area (Å²) in [5.74, 6) is 1.02. The first-order valence-corrected chi connectivity index (χ1v) is 10.1. The number of benzene rings is 1. The molecule has 7 nitrogen and oxygen atoms in total. The zero-order chi connectivity index (χ0) is 17.9. The molecule has 1 saturated heterocycles. The Hall–Kier alpha value is -1.77. The maximum Gasteiger partial charge on any atom is 0.214 e. The number of aromatic nitrogens is 2. The minimum Gasteiger partial charge on any atom is -0.385 e. The first-order chi connectivity index (χ1) is 12.0. The minimum atomic E-state index is -3.22. The maximum atomic E-state index is 12.4. The van der Waals surface area contributed by atoms with Crippen LogP contribution in [-0.2, 0) is 14.8 Å². The van der Waals surface area contributed by atoms with Crippen molar-refractivity contribution in [3.8, 4) is 0 Å². The van der Waals surface area contributed by atoms with Gasteiger partial charge in [0.15, 0.2) is 0 Å². The zero-order valence-electron chi connectivity index (χ0n) is 14.7. The predicted molar refractivity (Wildman–Crippen MR) is 98.3 cm³/mol. The molecule has 0 aliphatic carbocycles. The summed E-state index contributed by atoms with van der Waals surface area (Å²) in [6.45, 7) is 4.73. The lowest BCUT2D eigenvalue weighted by Gasteiger charge is -2.35. The SMILES string of the molecule is COCCCS(=O)(=O)N1CCN(c2ncnc3cccc(C)c23)CC1. The summed E-state index contributed by atoms with van der Waals surface area (Å²) in [5.41, 5.74) is 2.04. The third kappa shape index (κ3) is 3.91. The second kappa shape index (κ2) is 7.63. The molecule has 0 radical (unpaired) electrons. The van der Waals surface area contributed by atoms with Crippen molar-refractivity contribution < 1.29 is 13.2 Å². The van der Waals surface area contributed by atoms with Crippen LogP contribution in [0.15, 0.2) is 24.5 Å². The standard InChI is InChI=1S/C17H24N4O3S/c1-14-5-3-6-15-16(14)17(19-13-18-15)20-7-9-21(10-8-20)25(22,23)12-4-11-24-2/h3,5-6,13H,4,7-12H2,1-2H3.